The van der Waals surface area contributed by atoms with Crippen LogP contribution >= 0.6 is 11.8 Å². The van der Waals surface area contributed by atoms with Crippen molar-refractivity contribution in [3.8, 4) is 11.1 Å². The van der Waals surface area contributed by atoms with Crippen LogP contribution in [-0.2, 0) is 27.3 Å². The lowest BCUT2D eigenvalue weighted by atomic mass is 9.93. The number of pyridine rings is 1. The van der Waals surface area contributed by atoms with Crippen molar-refractivity contribution in [2.24, 2.45) is 0 Å². The van der Waals surface area contributed by atoms with Crippen LogP contribution in [0.25, 0.3) is 28.1 Å². The number of hydrogen-bond acceptors (Lipinski definition) is 6. The minimum Gasteiger partial charge on any atom is -0.338 e. The van der Waals surface area contributed by atoms with Crippen LogP contribution in [0.1, 0.15) is 42.9 Å². The first-order chi connectivity index (χ1) is 18.4. The molecule has 1 fully saturated rings. The summed E-state index contributed by atoms with van der Waals surface area (Å²) in [5, 5.41) is 2.85. The Morgan fingerprint density at radius 1 is 1.08 bits per heavy atom. The Morgan fingerprint density at radius 3 is 2.74 bits per heavy atom. The second-order valence-corrected chi connectivity index (χ2v) is 10.4. The fraction of sp³-hybridized carbons (Fsp3) is 0.233. The molecule has 2 aromatic carbocycles. The molecule has 8 heteroatoms. The van der Waals surface area contributed by atoms with Crippen molar-refractivity contribution < 1.29 is 19.2 Å². The second-order valence-electron chi connectivity index (χ2n) is 9.36. The summed E-state index contributed by atoms with van der Waals surface area (Å²) in [4.78, 5) is 54.8. The lowest BCUT2D eigenvalue weighted by Gasteiger charge is -2.29. The molecule has 0 atom stereocenters. The standard InChI is InChI=1S/C30H27N3O4S/c1-2-4-23(34)5-3-6-28(35)33-14-12-20-8-9-21(17-22(20)18-33)24-11-13-31-26-10-7-19(15-25(24)26)16-27-29(36)32-30(37)38-27/h2,4,7-11,13,15-17H,3,5-6,12,14,18H2,1H3,(H,32,36,37). The highest BCUT2D eigenvalue weighted by Gasteiger charge is 2.25. The van der Waals surface area contributed by atoms with Gasteiger partial charge in [0, 0.05) is 37.5 Å². The zero-order chi connectivity index (χ0) is 26.6. The van der Waals surface area contributed by atoms with E-state index in [9.17, 15) is 19.2 Å². The third-order valence-corrected chi connectivity index (χ3v) is 7.56. The molecule has 3 aromatic rings. The van der Waals surface area contributed by atoms with Gasteiger partial charge in [-0.15, -0.1) is 0 Å². The summed E-state index contributed by atoms with van der Waals surface area (Å²) in [7, 11) is 0. The number of amides is 3. The third-order valence-electron chi connectivity index (χ3n) is 6.75. The normalized spacial score (nSPS) is 16.3. The van der Waals surface area contributed by atoms with Crippen LogP contribution in [0.2, 0.25) is 0 Å². The molecule has 0 bridgehead atoms. The molecule has 1 N–H and O–H groups in total. The summed E-state index contributed by atoms with van der Waals surface area (Å²) in [5.74, 6) is -0.255. The number of carbonyl (C=O) groups excluding carboxylic acids is 4. The van der Waals surface area contributed by atoms with Gasteiger partial charge in [-0.05, 0) is 95.8 Å². The number of nitrogens with zero attached hydrogens (tertiary/aromatic N) is 2. The monoisotopic (exact) mass is 525 g/mol. The van der Waals surface area contributed by atoms with Gasteiger partial charge in [-0.3, -0.25) is 29.5 Å². The number of aromatic nitrogens is 1. The van der Waals surface area contributed by atoms with Crippen molar-refractivity contribution in [2.45, 2.75) is 39.2 Å². The highest BCUT2D eigenvalue weighted by molar-refractivity contribution is 8.18. The van der Waals surface area contributed by atoms with E-state index in [4.69, 9.17) is 0 Å². The van der Waals surface area contributed by atoms with E-state index >= 15 is 0 Å². The number of imide groups is 1. The number of allylic oxidation sites excluding steroid dienone is 2. The van der Waals surface area contributed by atoms with Gasteiger partial charge in [0.15, 0.2) is 5.78 Å². The topological polar surface area (TPSA) is 96.4 Å². The number of benzene rings is 2. The van der Waals surface area contributed by atoms with Crippen molar-refractivity contribution in [3.05, 3.63) is 82.4 Å². The maximum absolute atomic E-state index is 12.8. The SMILES string of the molecule is CC=CC(=O)CCCC(=O)N1CCc2ccc(-c3ccnc4ccc(C=C5SC(=O)NC5=O)cc34)cc2C1. The van der Waals surface area contributed by atoms with Gasteiger partial charge in [-0.25, -0.2) is 0 Å². The van der Waals surface area contributed by atoms with Crippen molar-refractivity contribution in [1.29, 1.82) is 0 Å². The maximum atomic E-state index is 12.8. The summed E-state index contributed by atoms with van der Waals surface area (Å²) in [5.41, 5.74) is 6.01. The van der Waals surface area contributed by atoms with Gasteiger partial charge in [0.25, 0.3) is 11.1 Å². The summed E-state index contributed by atoms with van der Waals surface area (Å²) in [6.07, 6.45) is 8.88. The van der Waals surface area contributed by atoms with E-state index in [2.05, 4.69) is 28.5 Å². The number of nitrogens with one attached hydrogen (secondary N) is 1. The van der Waals surface area contributed by atoms with Crippen LogP contribution in [0.15, 0.2) is 65.7 Å². The second kappa shape index (κ2) is 11.1. The van der Waals surface area contributed by atoms with Crippen LogP contribution in [-0.4, -0.2) is 39.3 Å². The Bertz CT molecular complexity index is 1530. The van der Waals surface area contributed by atoms with Crippen LogP contribution in [0.5, 0.6) is 0 Å². The van der Waals surface area contributed by atoms with Gasteiger partial charge in [0.2, 0.25) is 5.91 Å². The molecule has 0 saturated carbocycles. The Morgan fingerprint density at radius 2 is 1.95 bits per heavy atom. The lowest BCUT2D eigenvalue weighted by Crippen LogP contribution is -2.35. The number of rotatable bonds is 7. The molecule has 3 heterocycles. The van der Waals surface area contributed by atoms with Crippen LogP contribution in [0.3, 0.4) is 0 Å². The average molecular weight is 526 g/mol. The quantitative estimate of drug-likeness (QED) is 0.414. The van der Waals surface area contributed by atoms with Crippen LogP contribution in [0, 0.1) is 0 Å². The molecule has 7 nitrogen and oxygen atoms in total. The Kier molecular flexibility index (Phi) is 7.51. The number of thioether (sulfide) groups is 1. The van der Waals surface area contributed by atoms with Crippen molar-refractivity contribution in [1.82, 2.24) is 15.2 Å². The predicted molar refractivity (Wildman–Crippen MR) is 149 cm³/mol. The lowest BCUT2D eigenvalue weighted by molar-refractivity contribution is -0.132. The first-order valence-corrected chi connectivity index (χ1v) is 13.4. The largest absolute Gasteiger partial charge is 0.338 e. The molecule has 5 rings (SSSR count). The summed E-state index contributed by atoms with van der Waals surface area (Å²) < 4.78 is 0. The highest BCUT2D eigenvalue weighted by Crippen LogP contribution is 2.33. The third kappa shape index (κ3) is 5.60. The first-order valence-electron chi connectivity index (χ1n) is 12.6. The van der Waals surface area contributed by atoms with Gasteiger partial charge < -0.3 is 4.90 Å². The van der Waals surface area contributed by atoms with Gasteiger partial charge in [-0.2, -0.15) is 0 Å². The van der Waals surface area contributed by atoms with E-state index in [1.165, 1.54) is 5.56 Å². The average Bonchev–Trinajstić information content (AvgIpc) is 3.23. The molecule has 0 aliphatic carbocycles. The van der Waals surface area contributed by atoms with Gasteiger partial charge in [0.1, 0.15) is 0 Å². The van der Waals surface area contributed by atoms with E-state index in [-0.39, 0.29) is 22.8 Å². The fourth-order valence-electron chi connectivity index (χ4n) is 4.86. The molecule has 0 spiro atoms. The summed E-state index contributed by atoms with van der Waals surface area (Å²) in [6.45, 7) is 3.04. The van der Waals surface area contributed by atoms with Crippen LogP contribution in [0.4, 0.5) is 4.79 Å². The minimum atomic E-state index is -0.385. The fourth-order valence-corrected chi connectivity index (χ4v) is 5.54. The van der Waals surface area contributed by atoms with E-state index in [0.717, 1.165) is 51.3 Å². The van der Waals surface area contributed by atoms with Gasteiger partial charge >= 0.3 is 0 Å². The molecule has 3 amide bonds. The van der Waals surface area contributed by atoms with Crippen molar-refractivity contribution in [2.75, 3.05) is 6.54 Å². The molecule has 2 aliphatic heterocycles. The summed E-state index contributed by atoms with van der Waals surface area (Å²) >= 11 is 0.895. The molecule has 1 aromatic heterocycles. The first kappa shape index (κ1) is 25.6. The number of hydrogen-bond donors (Lipinski definition) is 1. The summed E-state index contributed by atoms with van der Waals surface area (Å²) in [6, 6.07) is 14.1. The Hall–Kier alpha value is -4.04. The van der Waals surface area contributed by atoms with Crippen LogP contribution < -0.4 is 5.32 Å². The number of ketones is 1. The van der Waals surface area contributed by atoms with E-state index < -0.39 is 0 Å². The molecule has 2 aliphatic rings. The maximum Gasteiger partial charge on any atom is 0.290 e. The molecule has 192 valence electrons. The molecule has 38 heavy (non-hydrogen) atoms. The minimum absolute atomic E-state index is 0.0524. The zero-order valence-electron chi connectivity index (χ0n) is 21.0. The van der Waals surface area contributed by atoms with Crippen molar-refractivity contribution in [3.63, 3.8) is 0 Å². The predicted octanol–water partition coefficient (Wildman–Crippen LogP) is 5.43. The number of fused-ring (bicyclic) bond motifs is 2. The van der Waals surface area contributed by atoms with Crippen molar-refractivity contribution >= 4 is 51.6 Å². The highest BCUT2D eigenvalue weighted by atomic mass is 32.2. The molecule has 1 saturated heterocycles. The smallest absolute Gasteiger partial charge is 0.290 e. The van der Waals surface area contributed by atoms with Gasteiger partial charge in [-0.1, -0.05) is 24.3 Å². The Balaban J connectivity index is 1.38. The molecule has 0 radical (unpaired) electrons. The Labute approximate surface area is 225 Å². The van der Waals surface area contributed by atoms with E-state index in [1.807, 2.05) is 36.1 Å². The van der Waals surface area contributed by atoms with E-state index in [1.54, 1.807) is 24.4 Å². The van der Waals surface area contributed by atoms with Gasteiger partial charge in [0.05, 0.1) is 10.4 Å². The molecular formula is C30H27N3O4S. The molecule has 0 unspecified atom stereocenters. The zero-order valence-corrected chi connectivity index (χ0v) is 21.8. The van der Waals surface area contributed by atoms with E-state index in [0.29, 0.717) is 37.3 Å². The number of carbonyl (C=O) groups is 4. The molecular weight excluding hydrogens is 498 g/mol.